The van der Waals surface area contributed by atoms with Crippen molar-refractivity contribution in [1.82, 2.24) is 19.1 Å². The second kappa shape index (κ2) is 5.03. The molecule has 2 aromatic heterocycles. The highest BCUT2D eigenvalue weighted by Gasteiger charge is 2.11. The van der Waals surface area contributed by atoms with Crippen molar-refractivity contribution < 1.29 is 0 Å². The molecule has 0 aliphatic rings. The topological polar surface area (TPSA) is 47.7 Å². The average molecular weight is 233 g/mol. The summed E-state index contributed by atoms with van der Waals surface area (Å²) in [5.41, 5.74) is 1.04. The lowest BCUT2D eigenvalue weighted by molar-refractivity contribution is 0.467. The van der Waals surface area contributed by atoms with Crippen LogP contribution in [0.2, 0.25) is 0 Å². The van der Waals surface area contributed by atoms with Gasteiger partial charge in [0.15, 0.2) is 0 Å². The van der Waals surface area contributed by atoms with Crippen LogP contribution in [0.3, 0.4) is 0 Å². The van der Waals surface area contributed by atoms with Gasteiger partial charge in [0.25, 0.3) is 0 Å². The fraction of sp³-hybridized carbons (Fsp3) is 0.500. The minimum absolute atomic E-state index is 0.347. The van der Waals surface area contributed by atoms with Crippen molar-refractivity contribution >= 4 is 5.95 Å². The molecule has 0 spiro atoms. The van der Waals surface area contributed by atoms with Crippen LogP contribution in [0.1, 0.15) is 25.6 Å². The van der Waals surface area contributed by atoms with E-state index < -0.39 is 0 Å². The molecule has 5 heteroatoms. The van der Waals surface area contributed by atoms with Crippen molar-refractivity contribution in [3.05, 3.63) is 30.6 Å². The summed E-state index contributed by atoms with van der Waals surface area (Å²) in [5.74, 6) is 0.942. The molecule has 2 rings (SSSR count). The van der Waals surface area contributed by atoms with Crippen LogP contribution in [0.15, 0.2) is 24.9 Å². The summed E-state index contributed by atoms with van der Waals surface area (Å²) in [4.78, 5) is 8.53. The molecule has 0 fully saturated rings. The zero-order valence-electron chi connectivity index (χ0n) is 10.6. The molecule has 0 saturated heterocycles. The van der Waals surface area contributed by atoms with Gasteiger partial charge in [-0.2, -0.15) is 0 Å². The quantitative estimate of drug-likeness (QED) is 0.860. The van der Waals surface area contributed by atoms with Crippen molar-refractivity contribution in [2.75, 3.05) is 11.9 Å². The molecule has 5 nitrogen and oxygen atoms in total. The summed E-state index contributed by atoms with van der Waals surface area (Å²) in [5, 5.41) is 3.28. The van der Waals surface area contributed by atoms with Crippen LogP contribution in [0.5, 0.6) is 0 Å². The molecule has 0 amide bonds. The Bertz CT molecular complexity index is 457. The van der Waals surface area contributed by atoms with Gasteiger partial charge >= 0.3 is 0 Å². The SMILES string of the molecule is CCNc1nc(C)cn1C(C)Cn1ccnc1. The van der Waals surface area contributed by atoms with Crippen LogP contribution in [0, 0.1) is 6.92 Å². The summed E-state index contributed by atoms with van der Waals surface area (Å²) >= 11 is 0. The van der Waals surface area contributed by atoms with E-state index in [2.05, 4.69) is 44.5 Å². The van der Waals surface area contributed by atoms with Gasteiger partial charge < -0.3 is 14.5 Å². The molecule has 0 aliphatic carbocycles. The molecule has 2 heterocycles. The Morgan fingerprint density at radius 1 is 1.47 bits per heavy atom. The number of hydrogen-bond acceptors (Lipinski definition) is 3. The number of imidazole rings is 2. The maximum Gasteiger partial charge on any atom is 0.203 e. The van der Waals surface area contributed by atoms with Gasteiger partial charge in [0.2, 0.25) is 5.95 Å². The Morgan fingerprint density at radius 3 is 2.94 bits per heavy atom. The van der Waals surface area contributed by atoms with Gasteiger partial charge in [-0.15, -0.1) is 0 Å². The number of aromatic nitrogens is 4. The van der Waals surface area contributed by atoms with Gasteiger partial charge in [0.1, 0.15) is 0 Å². The Hall–Kier alpha value is -1.78. The Labute approximate surface area is 102 Å². The first kappa shape index (κ1) is 11.7. The monoisotopic (exact) mass is 233 g/mol. The molecule has 0 bridgehead atoms. The highest BCUT2D eigenvalue weighted by Crippen LogP contribution is 2.17. The third-order valence-corrected chi connectivity index (χ3v) is 2.70. The molecular weight excluding hydrogens is 214 g/mol. The van der Waals surface area contributed by atoms with E-state index in [9.17, 15) is 0 Å². The molecule has 0 aromatic carbocycles. The molecular formula is C12H19N5. The van der Waals surface area contributed by atoms with E-state index in [4.69, 9.17) is 0 Å². The number of rotatable bonds is 5. The summed E-state index contributed by atoms with van der Waals surface area (Å²) in [6, 6.07) is 0.347. The maximum atomic E-state index is 4.48. The van der Waals surface area contributed by atoms with Crippen LogP contribution in [0.4, 0.5) is 5.95 Å². The Kier molecular flexibility index (Phi) is 3.46. The van der Waals surface area contributed by atoms with E-state index in [0.29, 0.717) is 6.04 Å². The second-order valence-corrected chi connectivity index (χ2v) is 4.25. The van der Waals surface area contributed by atoms with Crippen molar-refractivity contribution in [2.24, 2.45) is 0 Å². The van der Waals surface area contributed by atoms with E-state index >= 15 is 0 Å². The van der Waals surface area contributed by atoms with Crippen LogP contribution < -0.4 is 5.32 Å². The van der Waals surface area contributed by atoms with Crippen LogP contribution in [-0.4, -0.2) is 25.6 Å². The zero-order valence-corrected chi connectivity index (χ0v) is 10.6. The third kappa shape index (κ3) is 2.67. The van der Waals surface area contributed by atoms with Crippen molar-refractivity contribution in [3.63, 3.8) is 0 Å². The van der Waals surface area contributed by atoms with Crippen molar-refractivity contribution in [3.8, 4) is 0 Å². The van der Waals surface area contributed by atoms with E-state index in [-0.39, 0.29) is 0 Å². The number of nitrogens with one attached hydrogen (secondary N) is 1. The first-order chi connectivity index (χ1) is 8.20. The van der Waals surface area contributed by atoms with Gasteiger partial charge in [0.05, 0.1) is 18.1 Å². The van der Waals surface area contributed by atoms with E-state index in [1.807, 2.05) is 19.4 Å². The smallest absolute Gasteiger partial charge is 0.203 e. The molecule has 0 saturated carbocycles. The van der Waals surface area contributed by atoms with Crippen molar-refractivity contribution in [2.45, 2.75) is 33.4 Å². The normalized spacial score (nSPS) is 12.6. The average Bonchev–Trinajstić information content (AvgIpc) is 2.88. The first-order valence-corrected chi connectivity index (χ1v) is 5.95. The predicted molar refractivity (Wildman–Crippen MR) is 68.1 cm³/mol. The summed E-state index contributed by atoms with van der Waals surface area (Å²) in [6.07, 6.45) is 7.71. The molecule has 0 radical (unpaired) electrons. The number of anilines is 1. The van der Waals surface area contributed by atoms with E-state index in [0.717, 1.165) is 24.7 Å². The molecule has 0 aliphatic heterocycles. The number of aryl methyl sites for hydroxylation is 1. The maximum absolute atomic E-state index is 4.48. The molecule has 1 atom stereocenters. The van der Waals surface area contributed by atoms with Gasteiger partial charge in [0, 0.05) is 31.7 Å². The highest BCUT2D eigenvalue weighted by molar-refractivity contribution is 5.29. The molecule has 1 N–H and O–H groups in total. The van der Waals surface area contributed by atoms with Gasteiger partial charge in [-0.3, -0.25) is 0 Å². The fourth-order valence-corrected chi connectivity index (χ4v) is 1.93. The largest absolute Gasteiger partial charge is 0.356 e. The van der Waals surface area contributed by atoms with Crippen LogP contribution >= 0.6 is 0 Å². The summed E-state index contributed by atoms with van der Waals surface area (Å²) in [7, 11) is 0. The van der Waals surface area contributed by atoms with Crippen LogP contribution in [0.25, 0.3) is 0 Å². The lowest BCUT2D eigenvalue weighted by Gasteiger charge is -2.16. The molecule has 17 heavy (non-hydrogen) atoms. The zero-order chi connectivity index (χ0) is 12.3. The van der Waals surface area contributed by atoms with Crippen molar-refractivity contribution in [1.29, 1.82) is 0 Å². The standard InChI is InChI=1S/C12H19N5/c1-4-14-12-15-10(2)7-17(12)11(3)8-16-6-5-13-9-16/h5-7,9,11H,4,8H2,1-3H3,(H,14,15). The lowest BCUT2D eigenvalue weighted by Crippen LogP contribution is -2.14. The van der Waals surface area contributed by atoms with Gasteiger partial charge in [-0.25, -0.2) is 9.97 Å². The summed E-state index contributed by atoms with van der Waals surface area (Å²) < 4.78 is 4.26. The predicted octanol–water partition coefficient (Wildman–Crippen LogP) is 2.08. The Morgan fingerprint density at radius 2 is 2.29 bits per heavy atom. The number of hydrogen-bond donors (Lipinski definition) is 1. The van der Waals surface area contributed by atoms with Crippen LogP contribution in [-0.2, 0) is 6.54 Å². The van der Waals surface area contributed by atoms with E-state index in [1.54, 1.807) is 6.20 Å². The minimum Gasteiger partial charge on any atom is -0.356 e. The lowest BCUT2D eigenvalue weighted by atomic mass is 10.3. The summed E-state index contributed by atoms with van der Waals surface area (Å²) in [6.45, 7) is 8.06. The van der Waals surface area contributed by atoms with Gasteiger partial charge in [-0.1, -0.05) is 0 Å². The molecule has 1 unspecified atom stereocenters. The molecule has 92 valence electrons. The second-order valence-electron chi connectivity index (χ2n) is 4.25. The minimum atomic E-state index is 0.347. The fourth-order valence-electron chi connectivity index (χ4n) is 1.93. The van der Waals surface area contributed by atoms with E-state index in [1.165, 1.54) is 0 Å². The molecule has 2 aromatic rings. The first-order valence-electron chi connectivity index (χ1n) is 5.95. The highest BCUT2D eigenvalue weighted by atomic mass is 15.2. The van der Waals surface area contributed by atoms with Gasteiger partial charge in [-0.05, 0) is 20.8 Å². The third-order valence-electron chi connectivity index (χ3n) is 2.70. The number of nitrogens with zero attached hydrogens (tertiary/aromatic N) is 4. The Balaban J connectivity index is 2.15.